The van der Waals surface area contributed by atoms with Crippen molar-refractivity contribution in [2.24, 2.45) is 0 Å². The number of rotatable bonds is 1. The highest BCUT2D eigenvalue weighted by Gasteiger charge is 2.24. The fourth-order valence-corrected chi connectivity index (χ4v) is 2.48. The molecule has 1 aliphatic heterocycles. The largest absolute Gasteiger partial charge is 0.323 e. The van der Waals surface area contributed by atoms with Crippen LogP contribution in [0.5, 0.6) is 0 Å². The molecule has 19 heavy (non-hydrogen) atoms. The molecule has 0 atom stereocenters. The van der Waals surface area contributed by atoms with Crippen molar-refractivity contribution < 1.29 is 0 Å². The average molecular weight is 250 g/mol. The molecule has 1 aromatic carbocycles. The van der Waals surface area contributed by atoms with Crippen molar-refractivity contribution in [2.45, 2.75) is 20.3 Å². The van der Waals surface area contributed by atoms with Gasteiger partial charge in [0.2, 0.25) is 0 Å². The zero-order chi connectivity index (χ0) is 13.4. The van der Waals surface area contributed by atoms with E-state index < -0.39 is 0 Å². The Labute approximate surface area is 112 Å². The van der Waals surface area contributed by atoms with E-state index in [0.717, 1.165) is 29.9 Å². The Morgan fingerprint density at radius 3 is 2.79 bits per heavy atom. The molecule has 2 aromatic rings. The van der Waals surface area contributed by atoms with Gasteiger partial charge in [-0.2, -0.15) is 10.4 Å². The Morgan fingerprint density at radius 2 is 2.00 bits per heavy atom. The fourth-order valence-electron chi connectivity index (χ4n) is 2.48. The van der Waals surface area contributed by atoms with Gasteiger partial charge in [-0.1, -0.05) is 18.2 Å². The Morgan fingerprint density at radius 1 is 1.21 bits per heavy atom. The summed E-state index contributed by atoms with van der Waals surface area (Å²) < 4.78 is 0. The van der Waals surface area contributed by atoms with Gasteiger partial charge in [0, 0.05) is 12.2 Å². The predicted octanol–water partition coefficient (Wildman–Crippen LogP) is 2.66. The van der Waals surface area contributed by atoms with Gasteiger partial charge in [-0.3, -0.25) is 0 Å². The molecule has 0 bridgehead atoms. The topological polar surface area (TPSA) is 52.8 Å². The SMILES string of the molecule is Cc1nnc(N2CCc3ccccc32)c(C#N)c1C. The van der Waals surface area contributed by atoms with E-state index in [1.807, 2.05) is 26.0 Å². The van der Waals surface area contributed by atoms with Gasteiger partial charge in [0.25, 0.3) is 0 Å². The van der Waals surface area contributed by atoms with Gasteiger partial charge >= 0.3 is 0 Å². The Balaban J connectivity index is 2.16. The molecule has 0 unspecified atom stereocenters. The maximum absolute atomic E-state index is 9.39. The van der Waals surface area contributed by atoms with E-state index in [4.69, 9.17) is 0 Å². The first kappa shape index (κ1) is 11.7. The molecule has 94 valence electrons. The molecule has 4 heteroatoms. The van der Waals surface area contributed by atoms with Crippen LogP contribution in [0.4, 0.5) is 11.5 Å². The number of hydrogen-bond acceptors (Lipinski definition) is 4. The first-order valence-corrected chi connectivity index (χ1v) is 6.32. The highest BCUT2D eigenvalue weighted by Crippen LogP contribution is 2.35. The van der Waals surface area contributed by atoms with Gasteiger partial charge in [-0.05, 0) is 37.5 Å². The monoisotopic (exact) mass is 250 g/mol. The third-order valence-corrected chi connectivity index (χ3v) is 3.69. The molecule has 1 aliphatic rings. The molecule has 2 heterocycles. The van der Waals surface area contributed by atoms with Gasteiger partial charge in [0.1, 0.15) is 11.6 Å². The fraction of sp³-hybridized carbons (Fsp3) is 0.267. The normalized spacial score (nSPS) is 13.2. The van der Waals surface area contributed by atoms with E-state index in [-0.39, 0.29) is 0 Å². The maximum Gasteiger partial charge on any atom is 0.173 e. The highest BCUT2D eigenvalue weighted by molar-refractivity contribution is 5.72. The molecule has 0 fully saturated rings. The summed E-state index contributed by atoms with van der Waals surface area (Å²) in [5.41, 5.74) is 4.79. The van der Waals surface area contributed by atoms with Crippen LogP contribution in [0.1, 0.15) is 22.4 Å². The molecule has 4 nitrogen and oxygen atoms in total. The van der Waals surface area contributed by atoms with E-state index in [1.54, 1.807) is 0 Å². The molecule has 0 amide bonds. The van der Waals surface area contributed by atoms with Crippen molar-refractivity contribution in [1.29, 1.82) is 5.26 Å². The summed E-state index contributed by atoms with van der Waals surface area (Å²) in [6.45, 7) is 4.66. The van der Waals surface area contributed by atoms with Crippen molar-refractivity contribution >= 4 is 11.5 Å². The van der Waals surface area contributed by atoms with Gasteiger partial charge < -0.3 is 4.90 Å². The molecule has 0 radical (unpaired) electrons. The molecule has 0 saturated carbocycles. The lowest BCUT2D eigenvalue weighted by atomic mass is 10.1. The number of nitrogens with zero attached hydrogens (tertiary/aromatic N) is 4. The Bertz CT molecular complexity index is 685. The molecule has 1 aromatic heterocycles. The van der Waals surface area contributed by atoms with E-state index in [2.05, 4.69) is 33.3 Å². The molecule has 0 spiro atoms. The number of nitriles is 1. The lowest BCUT2D eigenvalue weighted by Crippen LogP contribution is -2.18. The Kier molecular flexibility index (Phi) is 2.68. The van der Waals surface area contributed by atoms with Gasteiger partial charge in [-0.25, -0.2) is 0 Å². The minimum absolute atomic E-state index is 0.629. The van der Waals surface area contributed by atoms with Crippen molar-refractivity contribution in [3.63, 3.8) is 0 Å². The second-order valence-corrected chi connectivity index (χ2v) is 4.75. The third-order valence-electron chi connectivity index (χ3n) is 3.69. The summed E-state index contributed by atoms with van der Waals surface area (Å²) in [6, 6.07) is 10.5. The first-order chi connectivity index (χ1) is 9.22. The molecule has 3 rings (SSSR count). The average Bonchev–Trinajstić information content (AvgIpc) is 2.85. The van der Waals surface area contributed by atoms with E-state index in [1.165, 1.54) is 5.56 Å². The zero-order valence-electron chi connectivity index (χ0n) is 11.0. The minimum Gasteiger partial charge on any atom is -0.323 e. The smallest absolute Gasteiger partial charge is 0.173 e. The van der Waals surface area contributed by atoms with E-state index >= 15 is 0 Å². The van der Waals surface area contributed by atoms with Gasteiger partial charge in [0.05, 0.1) is 5.69 Å². The Hall–Kier alpha value is -2.41. The molecule has 0 aliphatic carbocycles. The van der Waals surface area contributed by atoms with Crippen LogP contribution in [-0.2, 0) is 6.42 Å². The predicted molar refractivity (Wildman–Crippen MR) is 73.4 cm³/mol. The first-order valence-electron chi connectivity index (χ1n) is 6.32. The van der Waals surface area contributed by atoms with Crippen LogP contribution in [0, 0.1) is 25.2 Å². The summed E-state index contributed by atoms with van der Waals surface area (Å²) in [6.07, 6.45) is 0.982. The van der Waals surface area contributed by atoms with Crippen molar-refractivity contribution in [2.75, 3.05) is 11.4 Å². The van der Waals surface area contributed by atoms with Crippen LogP contribution in [0.15, 0.2) is 24.3 Å². The summed E-state index contributed by atoms with van der Waals surface area (Å²) in [7, 11) is 0. The van der Waals surface area contributed by atoms with Crippen LogP contribution < -0.4 is 4.90 Å². The van der Waals surface area contributed by atoms with Crippen molar-refractivity contribution in [3.05, 3.63) is 46.6 Å². The molecular weight excluding hydrogens is 236 g/mol. The standard InChI is InChI=1S/C15H14N4/c1-10-11(2)17-18-15(13(10)9-16)19-8-7-12-5-3-4-6-14(12)19/h3-6H,7-8H2,1-2H3. The van der Waals surface area contributed by atoms with E-state index in [0.29, 0.717) is 11.4 Å². The second-order valence-electron chi connectivity index (χ2n) is 4.75. The van der Waals surface area contributed by atoms with Crippen molar-refractivity contribution in [3.8, 4) is 6.07 Å². The second kappa shape index (κ2) is 4.36. The van der Waals surface area contributed by atoms with Crippen LogP contribution in [0.2, 0.25) is 0 Å². The highest BCUT2D eigenvalue weighted by atomic mass is 15.3. The van der Waals surface area contributed by atoms with Crippen molar-refractivity contribution in [1.82, 2.24) is 10.2 Å². The van der Waals surface area contributed by atoms with Gasteiger partial charge in [0.15, 0.2) is 5.82 Å². The molecule has 0 N–H and O–H groups in total. The molecule has 0 saturated heterocycles. The lowest BCUT2D eigenvalue weighted by Gasteiger charge is -2.20. The van der Waals surface area contributed by atoms with Crippen LogP contribution in [-0.4, -0.2) is 16.7 Å². The summed E-state index contributed by atoms with van der Waals surface area (Å²) >= 11 is 0. The minimum atomic E-state index is 0.629. The van der Waals surface area contributed by atoms with Crippen LogP contribution in [0.3, 0.4) is 0 Å². The van der Waals surface area contributed by atoms with Crippen LogP contribution in [0.25, 0.3) is 0 Å². The maximum atomic E-state index is 9.39. The third kappa shape index (κ3) is 1.75. The van der Waals surface area contributed by atoms with Gasteiger partial charge in [-0.15, -0.1) is 5.10 Å². The number of aromatic nitrogens is 2. The number of fused-ring (bicyclic) bond motifs is 1. The summed E-state index contributed by atoms with van der Waals surface area (Å²) in [5.74, 6) is 0.676. The quantitative estimate of drug-likeness (QED) is 0.780. The molecular formula is C15H14N4. The van der Waals surface area contributed by atoms with E-state index in [9.17, 15) is 5.26 Å². The number of para-hydroxylation sites is 1. The number of anilines is 2. The number of hydrogen-bond donors (Lipinski definition) is 0. The number of aryl methyl sites for hydroxylation is 1. The summed E-state index contributed by atoms with van der Waals surface area (Å²) in [5, 5.41) is 17.8. The zero-order valence-corrected chi connectivity index (χ0v) is 11.0. The van der Waals surface area contributed by atoms with Crippen LogP contribution >= 0.6 is 0 Å². The number of benzene rings is 1. The lowest BCUT2D eigenvalue weighted by molar-refractivity contribution is 0.895. The summed E-state index contributed by atoms with van der Waals surface area (Å²) in [4.78, 5) is 2.09.